The van der Waals surface area contributed by atoms with Gasteiger partial charge in [-0.3, -0.25) is 0 Å². The molecule has 0 amide bonds. The largest absolute Gasteiger partial charge is 0.413 e. The number of aliphatic hydroxyl groups is 2. The molecule has 20 heavy (non-hydrogen) atoms. The molecule has 0 aliphatic carbocycles. The van der Waals surface area contributed by atoms with Crippen LogP contribution in [-0.4, -0.2) is 50.1 Å². The first-order valence-corrected chi connectivity index (χ1v) is 10.5. The highest BCUT2D eigenvalue weighted by molar-refractivity contribution is 6.74. The van der Waals surface area contributed by atoms with E-state index >= 15 is 0 Å². The Labute approximate surface area is 124 Å². The van der Waals surface area contributed by atoms with Crippen LogP contribution in [0.1, 0.15) is 34.6 Å². The average Bonchev–Trinajstić information content (AvgIpc) is 2.33. The van der Waals surface area contributed by atoms with Crippen molar-refractivity contribution in [2.75, 3.05) is 13.2 Å². The van der Waals surface area contributed by atoms with E-state index in [2.05, 4.69) is 47.7 Å². The summed E-state index contributed by atoms with van der Waals surface area (Å²) >= 11 is 0. The maximum Gasteiger partial charge on any atom is 0.192 e. The minimum atomic E-state index is -1.88. The molecule has 5 heteroatoms. The molecule has 1 fully saturated rings. The fourth-order valence-electron chi connectivity index (χ4n) is 2.52. The van der Waals surface area contributed by atoms with Crippen molar-refractivity contribution in [2.24, 2.45) is 11.8 Å². The quantitative estimate of drug-likeness (QED) is 0.783. The lowest BCUT2D eigenvalue weighted by Crippen LogP contribution is -2.56. The van der Waals surface area contributed by atoms with Gasteiger partial charge in [-0.05, 0) is 18.1 Å². The van der Waals surface area contributed by atoms with Gasteiger partial charge in [-0.2, -0.15) is 0 Å². The second kappa shape index (κ2) is 6.44. The molecule has 120 valence electrons. The Morgan fingerprint density at radius 3 is 1.70 bits per heavy atom. The van der Waals surface area contributed by atoms with Gasteiger partial charge in [0.05, 0.1) is 31.5 Å². The molecule has 1 aliphatic rings. The molecule has 0 spiro atoms. The molecule has 1 heterocycles. The molecule has 1 saturated heterocycles. The van der Waals surface area contributed by atoms with Crippen molar-refractivity contribution >= 4 is 8.32 Å². The summed E-state index contributed by atoms with van der Waals surface area (Å²) in [6.07, 6.45) is -0.477. The third-order valence-corrected chi connectivity index (χ3v) is 9.63. The third-order valence-electron chi connectivity index (χ3n) is 5.16. The average molecular weight is 305 g/mol. The highest BCUT2D eigenvalue weighted by Gasteiger charge is 2.47. The van der Waals surface area contributed by atoms with Crippen LogP contribution in [0.25, 0.3) is 0 Å². The van der Waals surface area contributed by atoms with Crippen LogP contribution in [0.2, 0.25) is 18.1 Å². The van der Waals surface area contributed by atoms with E-state index < -0.39 is 8.32 Å². The monoisotopic (exact) mass is 304 g/mol. The zero-order chi connectivity index (χ0) is 15.7. The summed E-state index contributed by atoms with van der Waals surface area (Å²) < 4.78 is 12.3. The van der Waals surface area contributed by atoms with Crippen LogP contribution >= 0.6 is 0 Å². The van der Waals surface area contributed by atoms with Gasteiger partial charge in [0.1, 0.15) is 0 Å². The van der Waals surface area contributed by atoms with E-state index in [9.17, 15) is 10.2 Å². The first kappa shape index (κ1) is 18.1. The minimum Gasteiger partial charge on any atom is -0.413 e. The second-order valence-electron chi connectivity index (χ2n) is 7.64. The van der Waals surface area contributed by atoms with Crippen LogP contribution in [0.3, 0.4) is 0 Å². The minimum absolute atomic E-state index is 0.0260. The molecular weight excluding hydrogens is 272 g/mol. The Kier molecular flexibility index (Phi) is 5.83. The molecule has 0 radical (unpaired) electrons. The predicted octanol–water partition coefficient (Wildman–Crippen LogP) is 2.40. The fourth-order valence-corrected chi connectivity index (χ4v) is 3.99. The van der Waals surface area contributed by atoms with E-state index in [-0.39, 0.29) is 48.4 Å². The molecule has 2 N–H and O–H groups in total. The summed E-state index contributed by atoms with van der Waals surface area (Å²) in [5.74, 6) is 0.263. The van der Waals surface area contributed by atoms with Crippen molar-refractivity contribution in [1.82, 2.24) is 0 Å². The van der Waals surface area contributed by atoms with Gasteiger partial charge in [0.2, 0.25) is 0 Å². The van der Waals surface area contributed by atoms with E-state index in [0.717, 1.165) is 0 Å². The SMILES string of the molecule is C[C@@H]1C(O[Si](C)(C)C(C)(C)C)[C@H](C)[C@H](CO)O[C@@H]1CO. The molecule has 0 aromatic rings. The van der Waals surface area contributed by atoms with E-state index in [1.54, 1.807) is 0 Å². The number of aliphatic hydroxyl groups excluding tert-OH is 2. The van der Waals surface area contributed by atoms with E-state index in [0.29, 0.717) is 0 Å². The van der Waals surface area contributed by atoms with Crippen molar-refractivity contribution < 1.29 is 19.4 Å². The topological polar surface area (TPSA) is 58.9 Å². The van der Waals surface area contributed by atoms with Crippen LogP contribution in [0.15, 0.2) is 0 Å². The Morgan fingerprint density at radius 2 is 1.40 bits per heavy atom. The van der Waals surface area contributed by atoms with Crippen molar-refractivity contribution in [3.63, 3.8) is 0 Å². The van der Waals surface area contributed by atoms with Gasteiger partial charge in [0, 0.05) is 11.8 Å². The molecule has 0 saturated carbocycles. The van der Waals surface area contributed by atoms with Gasteiger partial charge in [-0.1, -0.05) is 34.6 Å². The second-order valence-corrected chi connectivity index (χ2v) is 12.4. The third kappa shape index (κ3) is 3.63. The maximum atomic E-state index is 9.49. The molecular formula is C15H32O4Si. The lowest BCUT2D eigenvalue weighted by Gasteiger charge is -2.49. The molecule has 0 aromatic heterocycles. The van der Waals surface area contributed by atoms with Crippen LogP contribution in [-0.2, 0) is 9.16 Å². The molecule has 1 rings (SSSR count). The van der Waals surface area contributed by atoms with Gasteiger partial charge in [-0.25, -0.2) is 0 Å². The number of hydrogen-bond acceptors (Lipinski definition) is 4. The van der Waals surface area contributed by atoms with Crippen molar-refractivity contribution in [3.05, 3.63) is 0 Å². The first-order valence-electron chi connectivity index (χ1n) is 7.60. The zero-order valence-electron chi connectivity index (χ0n) is 14.0. The first-order chi connectivity index (χ1) is 9.05. The molecule has 1 unspecified atom stereocenters. The van der Waals surface area contributed by atoms with Crippen LogP contribution < -0.4 is 0 Å². The van der Waals surface area contributed by atoms with Gasteiger partial charge in [0.25, 0.3) is 0 Å². The fraction of sp³-hybridized carbons (Fsp3) is 1.00. The smallest absolute Gasteiger partial charge is 0.192 e. The summed E-state index contributed by atoms with van der Waals surface area (Å²) in [4.78, 5) is 0. The Hall–Kier alpha value is 0.0569. The zero-order valence-corrected chi connectivity index (χ0v) is 15.0. The number of hydrogen-bond donors (Lipinski definition) is 2. The van der Waals surface area contributed by atoms with Crippen LogP contribution in [0.4, 0.5) is 0 Å². The molecule has 4 nitrogen and oxygen atoms in total. The van der Waals surface area contributed by atoms with Crippen molar-refractivity contribution in [3.8, 4) is 0 Å². The summed E-state index contributed by atoms with van der Waals surface area (Å²) in [5.41, 5.74) is 0. The number of ether oxygens (including phenoxy) is 1. The Morgan fingerprint density at radius 1 is 1.00 bits per heavy atom. The predicted molar refractivity (Wildman–Crippen MR) is 83.2 cm³/mol. The van der Waals surface area contributed by atoms with Gasteiger partial charge < -0.3 is 19.4 Å². The summed E-state index contributed by atoms with van der Waals surface area (Å²) in [6, 6.07) is 0. The lowest BCUT2D eigenvalue weighted by atomic mass is 9.83. The van der Waals surface area contributed by atoms with E-state index in [4.69, 9.17) is 9.16 Å². The van der Waals surface area contributed by atoms with Gasteiger partial charge >= 0.3 is 0 Å². The number of rotatable bonds is 4. The van der Waals surface area contributed by atoms with E-state index in [1.165, 1.54) is 0 Å². The summed E-state index contributed by atoms with van der Waals surface area (Å²) in [6.45, 7) is 15.2. The van der Waals surface area contributed by atoms with Crippen LogP contribution in [0.5, 0.6) is 0 Å². The highest BCUT2D eigenvalue weighted by atomic mass is 28.4. The Balaban J connectivity index is 2.94. The van der Waals surface area contributed by atoms with Crippen LogP contribution in [0, 0.1) is 11.8 Å². The maximum absolute atomic E-state index is 9.49. The molecule has 1 aliphatic heterocycles. The lowest BCUT2D eigenvalue weighted by molar-refractivity contribution is -0.180. The molecule has 0 aromatic carbocycles. The van der Waals surface area contributed by atoms with Crippen molar-refractivity contribution in [1.29, 1.82) is 0 Å². The summed E-state index contributed by atoms with van der Waals surface area (Å²) in [5, 5.41) is 19.1. The molecule has 0 bridgehead atoms. The normalized spacial score (nSPS) is 36.1. The summed E-state index contributed by atoms with van der Waals surface area (Å²) in [7, 11) is -1.88. The molecule has 5 atom stereocenters. The highest BCUT2D eigenvalue weighted by Crippen LogP contribution is 2.41. The standard InChI is InChI=1S/C15H32O4Si/c1-10-12(8-16)18-13(9-17)11(2)14(10)19-20(6,7)15(3,4)5/h10-14,16-17H,8-9H2,1-7H3/t10-,11+,12+,13-,14?. The van der Waals surface area contributed by atoms with Crippen molar-refractivity contribution in [2.45, 2.75) is 71.1 Å². The van der Waals surface area contributed by atoms with E-state index in [1.807, 2.05) is 0 Å². The van der Waals surface area contributed by atoms with Gasteiger partial charge in [-0.15, -0.1) is 0 Å². The Bertz CT molecular complexity index is 297. The van der Waals surface area contributed by atoms with Gasteiger partial charge in [0.15, 0.2) is 8.32 Å².